The zero-order valence-corrected chi connectivity index (χ0v) is 12.4. The van der Waals surface area contributed by atoms with Gasteiger partial charge >= 0.3 is 5.69 Å². The second kappa shape index (κ2) is 6.12. The molecule has 0 aromatic heterocycles. The molecule has 0 spiro atoms. The number of nitrogens with one attached hydrogen (secondary N) is 1. The van der Waals surface area contributed by atoms with E-state index in [1.165, 1.54) is 0 Å². The van der Waals surface area contributed by atoms with Gasteiger partial charge in [0.15, 0.2) is 0 Å². The molecule has 1 amide bonds. The van der Waals surface area contributed by atoms with Crippen LogP contribution in [-0.4, -0.2) is 10.8 Å². The summed E-state index contributed by atoms with van der Waals surface area (Å²) in [5.41, 5.74) is -1.44. The van der Waals surface area contributed by atoms with E-state index < -0.39 is 33.7 Å². The first-order chi connectivity index (χ1) is 9.88. The number of amides is 1. The third kappa shape index (κ3) is 3.51. The van der Waals surface area contributed by atoms with E-state index >= 15 is 0 Å². The van der Waals surface area contributed by atoms with Gasteiger partial charge < -0.3 is 5.32 Å². The maximum Gasteiger partial charge on any atom is 0.308 e. The molecule has 0 unspecified atom stereocenters. The molecule has 0 atom stereocenters. The van der Waals surface area contributed by atoms with Gasteiger partial charge in [0.1, 0.15) is 5.82 Å². The average Bonchev–Trinajstić information content (AvgIpc) is 2.43. The third-order valence-electron chi connectivity index (χ3n) is 2.56. The van der Waals surface area contributed by atoms with Gasteiger partial charge in [0.05, 0.1) is 16.6 Å². The number of anilines is 1. The summed E-state index contributed by atoms with van der Waals surface area (Å²) in [5.74, 6) is -3.39. The van der Waals surface area contributed by atoms with Crippen LogP contribution in [0.1, 0.15) is 10.4 Å². The van der Waals surface area contributed by atoms with Gasteiger partial charge in [0.25, 0.3) is 5.91 Å². The van der Waals surface area contributed by atoms with E-state index in [1.807, 2.05) is 0 Å². The Labute approximate surface area is 131 Å². The number of nitro benzene ring substituents is 1. The first-order valence-electron chi connectivity index (χ1n) is 5.59. The number of rotatable bonds is 3. The molecule has 0 aliphatic heterocycles. The number of nitrogens with zero attached hydrogens (tertiary/aromatic N) is 1. The molecule has 0 aliphatic rings. The van der Waals surface area contributed by atoms with Crippen molar-refractivity contribution in [2.45, 2.75) is 0 Å². The van der Waals surface area contributed by atoms with Crippen molar-refractivity contribution in [3.05, 3.63) is 67.3 Å². The number of nitro groups is 1. The molecule has 2 rings (SSSR count). The summed E-state index contributed by atoms with van der Waals surface area (Å²) in [7, 11) is 0. The van der Waals surface area contributed by atoms with E-state index in [0.29, 0.717) is 17.8 Å². The summed E-state index contributed by atoms with van der Waals surface area (Å²) in [4.78, 5) is 21.4. The molecule has 1 N–H and O–H groups in total. The lowest BCUT2D eigenvalue weighted by Gasteiger charge is -2.07. The first-order valence-corrected chi connectivity index (χ1v) is 6.66. The zero-order valence-electron chi connectivity index (χ0n) is 10.3. The van der Waals surface area contributed by atoms with Crippen molar-refractivity contribution in [3.8, 4) is 0 Å². The maximum atomic E-state index is 13.9. The Balaban J connectivity index is 2.35. The molecular weight excluding hydrogens is 397 g/mol. The normalized spacial score (nSPS) is 10.2. The van der Waals surface area contributed by atoms with Crippen molar-refractivity contribution < 1.29 is 18.5 Å². The molecule has 5 nitrogen and oxygen atoms in total. The van der Waals surface area contributed by atoms with Gasteiger partial charge in [0.2, 0.25) is 5.82 Å². The van der Waals surface area contributed by atoms with Crippen LogP contribution in [0.15, 0.2) is 36.4 Å². The summed E-state index contributed by atoms with van der Waals surface area (Å²) in [6.45, 7) is 0. The number of carbonyl (C=O) groups excluding carboxylic acids is 1. The SMILES string of the molecule is O=C(Nc1ccc(I)cc1)c1cc(F)cc([N+](=O)[O-])c1F. The van der Waals surface area contributed by atoms with E-state index in [2.05, 4.69) is 27.9 Å². The fraction of sp³-hybridized carbons (Fsp3) is 0. The van der Waals surface area contributed by atoms with Gasteiger partial charge in [0, 0.05) is 9.26 Å². The van der Waals surface area contributed by atoms with E-state index in [0.717, 1.165) is 3.57 Å². The minimum atomic E-state index is -1.37. The molecule has 0 aliphatic carbocycles. The lowest BCUT2D eigenvalue weighted by atomic mass is 10.1. The Kier molecular flexibility index (Phi) is 4.46. The first kappa shape index (κ1) is 15.3. The highest BCUT2D eigenvalue weighted by Crippen LogP contribution is 2.23. The molecule has 0 bridgehead atoms. The minimum absolute atomic E-state index is 0.367. The highest BCUT2D eigenvalue weighted by Gasteiger charge is 2.24. The second-order valence-corrected chi connectivity index (χ2v) is 5.25. The minimum Gasteiger partial charge on any atom is -0.322 e. The van der Waals surface area contributed by atoms with Gasteiger partial charge in [-0.1, -0.05) is 0 Å². The number of halogens is 3. The second-order valence-electron chi connectivity index (χ2n) is 4.00. The van der Waals surface area contributed by atoms with Gasteiger partial charge in [-0.3, -0.25) is 14.9 Å². The smallest absolute Gasteiger partial charge is 0.308 e. The van der Waals surface area contributed by atoms with Crippen molar-refractivity contribution in [1.29, 1.82) is 0 Å². The maximum absolute atomic E-state index is 13.9. The summed E-state index contributed by atoms with van der Waals surface area (Å²) >= 11 is 2.07. The van der Waals surface area contributed by atoms with E-state index in [1.54, 1.807) is 24.3 Å². The van der Waals surface area contributed by atoms with Crippen molar-refractivity contribution in [2.24, 2.45) is 0 Å². The molecule has 2 aromatic rings. The topological polar surface area (TPSA) is 72.2 Å². The van der Waals surface area contributed by atoms with Crippen LogP contribution in [0.4, 0.5) is 20.2 Å². The van der Waals surface area contributed by atoms with Gasteiger partial charge in [-0.2, -0.15) is 4.39 Å². The Bertz CT molecular complexity index is 720. The van der Waals surface area contributed by atoms with Crippen molar-refractivity contribution in [2.75, 3.05) is 5.32 Å². The number of hydrogen-bond donors (Lipinski definition) is 1. The lowest BCUT2D eigenvalue weighted by Crippen LogP contribution is -2.15. The van der Waals surface area contributed by atoms with Gasteiger partial charge in [-0.25, -0.2) is 4.39 Å². The summed E-state index contributed by atoms with van der Waals surface area (Å²) in [5, 5.41) is 13.0. The molecule has 0 fully saturated rings. The molecular formula is C13H7F2IN2O3. The van der Waals surface area contributed by atoms with Crippen LogP contribution in [0.25, 0.3) is 0 Å². The molecule has 8 heteroatoms. The molecule has 0 saturated heterocycles. The Morgan fingerprint density at radius 1 is 1.19 bits per heavy atom. The average molecular weight is 404 g/mol. The van der Waals surface area contributed by atoms with E-state index in [9.17, 15) is 23.7 Å². The predicted octanol–water partition coefficient (Wildman–Crippen LogP) is 3.73. The standard InChI is InChI=1S/C13H7F2IN2O3/c14-7-5-10(12(15)11(6-7)18(20)21)13(19)17-9-3-1-8(16)2-4-9/h1-6H,(H,17,19). The highest BCUT2D eigenvalue weighted by molar-refractivity contribution is 14.1. The summed E-state index contributed by atoms with van der Waals surface area (Å²) in [6.07, 6.45) is 0. The van der Waals surface area contributed by atoms with Crippen LogP contribution < -0.4 is 5.32 Å². The Morgan fingerprint density at radius 3 is 2.38 bits per heavy atom. The quantitative estimate of drug-likeness (QED) is 0.482. The van der Waals surface area contributed by atoms with Gasteiger partial charge in [-0.15, -0.1) is 0 Å². The van der Waals surface area contributed by atoms with E-state index in [-0.39, 0.29) is 0 Å². The van der Waals surface area contributed by atoms with Crippen molar-refractivity contribution >= 4 is 39.9 Å². The highest BCUT2D eigenvalue weighted by atomic mass is 127. The zero-order chi connectivity index (χ0) is 15.6. The summed E-state index contributed by atoms with van der Waals surface area (Å²) < 4.78 is 28.0. The molecule has 0 radical (unpaired) electrons. The van der Waals surface area contributed by atoms with Crippen LogP contribution in [-0.2, 0) is 0 Å². The van der Waals surface area contributed by atoms with Crippen LogP contribution in [0, 0.1) is 25.3 Å². The fourth-order valence-corrected chi connectivity index (χ4v) is 1.96. The monoisotopic (exact) mass is 404 g/mol. The lowest BCUT2D eigenvalue weighted by molar-refractivity contribution is -0.387. The summed E-state index contributed by atoms with van der Waals surface area (Å²) in [6, 6.07) is 7.61. The van der Waals surface area contributed by atoms with Crippen molar-refractivity contribution in [3.63, 3.8) is 0 Å². The number of hydrogen-bond acceptors (Lipinski definition) is 3. The molecule has 21 heavy (non-hydrogen) atoms. The largest absolute Gasteiger partial charge is 0.322 e. The molecule has 2 aromatic carbocycles. The van der Waals surface area contributed by atoms with E-state index in [4.69, 9.17) is 0 Å². The predicted molar refractivity (Wildman–Crippen MR) is 80.1 cm³/mol. The number of carbonyl (C=O) groups is 1. The van der Waals surface area contributed by atoms with Crippen molar-refractivity contribution in [1.82, 2.24) is 0 Å². The van der Waals surface area contributed by atoms with Crippen LogP contribution in [0.5, 0.6) is 0 Å². The van der Waals surface area contributed by atoms with Crippen LogP contribution >= 0.6 is 22.6 Å². The molecule has 0 heterocycles. The Morgan fingerprint density at radius 2 is 1.81 bits per heavy atom. The van der Waals surface area contributed by atoms with Crippen LogP contribution in [0.2, 0.25) is 0 Å². The van der Waals surface area contributed by atoms with Gasteiger partial charge in [-0.05, 0) is 52.9 Å². The number of benzene rings is 2. The Hall–Kier alpha value is -2.10. The third-order valence-corrected chi connectivity index (χ3v) is 3.28. The molecule has 0 saturated carbocycles. The van der Waals surface area contributed by atoms with Crippen LogP contribution in [0.3, 0.4) is 0 Å². The fourth-order valence-electron chi connectivity index (χ4n) is 1.60. The molecule has 108 valence electrons.